The van der Waals surface area contributed by atoms with Gasteiger partial charge >= 0.3 is 0 Å². The van der Waals surface area contributed by atoms with Crippen molar-refractivity contribution in [3.8, 4) is 5.75 Å². The molecule has 3 aromatic rings. The topological polar surface area (TPSA) is 66.8 Å². The molecule has 0 radical (unpaired) electrons. The Morgan fingerprint density at radius 2 is 1.90 bits per heavy atom. The fraction of sp³-hybridized carbons (Fsp3) is 0.167. The number of carbonyl (C=O) groups is 2. The van der Waals surface area contributed by atoms with E-state index in [4.69, 9.17) is 4.74 Å². The van der Waals surface area contributed by atoms with E-state index >= 15 is 0 Å². The summed E-state index contributed by atoms with van der Waals surface area (Å²) in [5.41, 5.74) is 1.73. The molecule has 1 N–H and O–H groups in total. The number of carbonyl (C=O) groups excluding carboxylic acids is 2. The van der Waals surface area contributed by atoms with E-state index in [2.05, 4.69) is 0 Å². The van der Waals surface area contributed by atoms with Gasteiger partial charge in [-0.3, -0.25) is 9.59 Å². The fourth-order valence-corrected chi connectivity index (χ4v) is 4.33. The Labute approximate surface area is 178 Å². The minimum atomic E-state index is -0.701. The van der Waals surface area contributed by atoms with Crippen molar-refractivity contribution in [1.29, 1.82) is 0 Å². The molecule has 1 aliphatic heterocycles. The Kier molecular flexibility index (Phi) is 5.68. The molecule has 1 aliphatic rings. The van der Waals surface area contributed by atoms with Gasteiger partial charge in [-0.25, -0.2) is 0 Å². The predicted octanol–water partition coefficient (Wildman–Crippen LogP) is 4.93. The van der Waals surface area contributed by atoms with E-state index < -0.39 is 17.7 Å². The van der Waals surface area contributed by atoms with Crippen molar-refractivity contribution in [3.63, 3.8) is 0 Å². The van der Waals surface area contributed by atoms with E-state index in [0.717, 1.165) is 5.56 Å². The lowest BCUT2D eigenvalue weighted by Gasteiger charge is -2.27. The first-order valence-electron chi connectivity index (χ1n) is 9.69. The quantitative estimate of drug-likeness (QED) is 0.552. The van der Waals surface area contributed by atoms with Crippen molar-refractivity contribution < 1.29 is 19.4 Å². The third-order valence-electron chi connectivity index (χ3n) is 4.97. The van der Waals surface area contributed by atoms with Gasteiger partial charge in [-0.1, -0.05) is 48.5 Å². The largest absolute Gasteiger partial charge is 0.503 e. The zero-order valence-electron chi connectivity index (χ0n) is 16.4. The van der Waals surface area contributed by atoms with Gasteiger partial charge in [-0.2, -0.15) is 0 Å². The van der Waals surface area contributed by atoms with E-state index in [-0.39, 0.29) is 17.9 Å². The minimum absolute atomic E-state index is 0.104. The van der Waals surface area contributed by atoms with Crippen LogP contribution in [0, 0.1) is 0 Å². The highest BCUT2D eigenvalue weighted by atomic mass is 32.1. The third kappa shape index (κ3) is 3.74. The summed E-state index contributed by atoms with van der Waals surface area (Å²) in [4.78, 5) is 28.3. The molecule has 2 aromatic carbocycles. The molecule has 5 nitrogen and oxygen atoms in total. The lowest BCUT2D eigenvalue weighted by atomic mass is 9.95. The number of ketones is 1. The minimum Gasteiger partial charge on any atom is -0.503 e. The Hall–Kier alpha value is -3.38. The molecule has 4 rings (SSSR count). The van der Waals surface area contributed by atoms with Crippen LogP contribution in [0.1, 0.15) is 33.8 Å². The Morgan fingerprint density at radius 1 is 1.10 bits per heavy atom. The van der Waals surface area contributed by atoms with Gasteiger partial charge in [0.1, 0.15) is 5.75 Å². The van der Waals surface area contributed by atoms with Crippen molar-refractivity contribution in [2.75, 3.05) is 6.61 Å². The molecule has 30 heavy (non-hydrogen) atoms. The highest BCUT2D eigenvalue weighted by molar-refractivity contribution is 7.12. The van der Waals surface area contributed by atoms with Crippen LogP contribution in [0.5, 0.6) is 5.75 Å². The third-order valence-corrected chi connectivity index (χ3v) is 5.84. The van der Waals surface area contributed by atoms with Crippen LogP contribution in [0.3, 0.4) is 0 Å². The molecule has 0 saturated heterocycles. The van der Waals surface area contributed by atoms with Crippen molar-refractivity contribution in [2.45, 2.75) is 19.5 Å². The summed E-state index contributed by atoms with van der Waals surface area (Å²) in [6.45, 7) is 2.67. The maximum atomic E-state index is 13.2. The van der Waals surface area contributed by atoms with Crippen molar-refractivity contribution >= 4 is 23.0 Å². The van der Waals surface area contributed by atoms with Gasteiger partial charge in [0, 0.05) is 6.54 Å². The fourth-order valence-electron chi connectivity index (χ4n) is 3.66. The van der Waals surface area contributed by atoms with Crippen LogP contribution in [0.4, 0.5) is 0 Å². The van der Waals surface area contributed by atoms with Gasteiger partial charge in [0.05, 0.1) is 23.1 Å². The van der Waals surface area contributed by atoms with Gasteiger partial charge < -0.3 is 14.7 Å². The first kappa shape index (κ1) is 19.9. The van der Waals surface area contributed by atoms with Gasteiger partial charge in [0.15, 0.2) is 5.76 Å². The Bertz CT molecular complexity index is 1090. The van der Waals surface area contributed by atoms with Gasteiger partial charge in [-0.15, -0.1) is 11.3 Å². The number of benzene rings is 2. The first-order chi connectivity index (χ1) is 14.6. The summed E-state index contributed by atoms with van der Waals surface area (Å²) in [6.07, 6.45) is 0. The smallest absolute Gasteiger partial charge is 0.290 e. The second kappa shape index (κ2) is 8.55. The first-order valence-corrected chi connectivity index (χ1v) is 10.6. The average molecular weight is 420 g/mol. The SMILES string of the molecule is CCOc1cccc(C2C(C(=O)c3cccs3)=C(O)C(=O)N2Cc2ccccc2)c1. The molecular weight excluding hydrogens is 398 g/mol. The second-order valence-electron chi connectivity index (χ2n) is 6.90. The number of rotatable bonds is 7. The number of hydrogen-bond acceptors (Lipinski definition) is 5. The molecule has 1 unspecified atom stereocenters. The standard InChI is InChI=1S/C24H21NO4S/c1-2-29-18-11-6-10-17(14-18)21-20(22(26)19-12-7-13-30-19)23(27)24(28)25(21)15-16-8-4-3-5-9-16/h3-14,21,27H,2,15H2,1H3. The summed E-state index contributed by atoms with van der Waals surface area (Å²) < 4.78 is 5.62. The van der Waals surface area contributed by atoms with E-state index in [0.29, 0.717) is 22.8 Å². The molecule has 1 amide bonds. The average Bonchev–Trinajstić information content (AvgIpc) is 3.38. The van der Waals surface area contributed by atoms with E-state index in [1.807, 2.05) is 61.5 Å². The van der Waals surface area contributed by atoms with Crippen LogP contribution in [0.15, 0.2) is 83.4 Å². The molecule has 6 heteroatoms. The number of aliphatic hydroxyl groups excluding tert-OH is 1. The highest BCUT2D eigenvalue weighted by Gasteiger charge is 2.44. The van der Waals surface area contributed by atoms with Crippen molar-refractivity contribution in [1.82, 2.24) is 4.90 Å². The van der Waals surface area contributed by atoms with Crippen LogP contribution in [0.2, 0.25) is 0 Å². The number of Topliss-reactive ketones (excluding diaryl/α,β-unsaturated/α-hetero) is 1. The number of aliphatic hydroxyl groups is 1. The zero-order valence-corrected chi connectivity index (χ0v) is 17.3. The Morgan fingerprint density at radius 3 is 2.60 bits per heavy atom. The number of ether oxygens (including phenoxy) is 1. The van der Waals surface area contributed by atoms with Crippen LogP contribution in [-0.2, 0) is 11.3 Å². The van der Waals surface area contributed by atoms with Crippen molar-refractivity contribution in [3.05, 3.63) is 99.4 Å². The summed E-state index contributed by atoms with van der Waals surface area (Å²) in [5, 5.41) is 12.5. The zero-order chi connectivity index (χ0) is 21.1. The molecule has 152 valence electrons. The predicted molar refractivity (Wildman–Crippen MR) is 116 cm³/mol. The molecule has 1 atom stereocenters. The number of thiophene rings is 1. The Balaban J connectivity index is 1.80. The molecule has 2 heterocycles. The summed E-state index contributed by atoms with van der Waals surface area (Å²) >= 11 is 1.29. The van der Waals surface area contributed by atoms with Crippen LogP contribution in [0.25, 0.3) is 0 Å². The number of hydrogen-bond donors (Lipinski definition) is 1. The number of amides is 1. The van der Waals surface area contributed by atoms with Crippen LogP contribution < -0.4 is 4.74 Å². The van der Waals surface area contributed by atoms with Gasteiger partial charge in [0.25, 0.3) is 5.91 Å². The molecule has 0 bridgehead atoms. The molecule has 1 aromatic heterocycles. The monoisotopic (exact) mass is 419 g/mol. The maximum Gasteiger partial charge on any atom is 0.290 e. The van der Waals surface area contributed by atoms with Crippen LogP contribution >= 0.6 is 11.3 Å². The van der Waals surface area contributed by atoms with Crippen LogP contribution in [-0.4, -0.2) is 28.3 Å². The van der Waals surface area contributed by atoms with E-state index in [1.165, 1.54) is 16.2 Å². The van der Waals surface area contributed by atoms with E-state index in [9.17, 15) is 14.7 Å². The van der Waals surface area contributed by atoms with Gasteiger partial charge in [0.2, 0.25) is 5.78 Å². The van der Waals surface area contributed by atoms with Gasteiger partial charge in [-0.05, 0) is 41.6 Å². The molecule has 0 spiro atoms. The summed E-state index contributed by atoms with van der Waals surface area (Å²) in [5.74, 6) is -0.726. The summed E-state index contributed by atoms with van der Waals surface area (Å²) in [6, 6.07) is 19.6. The highest BCUT2D eigenvalue weighted by Crippen LogP contribution is 2.41. The molecule has 0 saturated carbocycles. The summed E-state index contributed by atoms with van der Waals surface area (Å²) in [7, 11) is 0. The van der Waals surface area contributed by atoms with Crippen molar-refractivity contribution in [2.24, 2.45) is 0 Å². The lowest BCUT2D eigenvalue weighted by molar-refractivity contribution is -0.130. The molecule has 0 aliphatic carbocycles. The number of nitrogens with zero attached hydrogens (tertiary/aromatic N) is 1. The normalized spacial score (nSPS) is 16.2. The van der Waals surface area contributed by atoms with E-state index in [1.54, 1.807) is 17.5 Å². The second-order valence-corrected chi connectivity index (χ2v) is 7.84. The molecular formula is C24H21NO4S. The lowest BCUT2D eigenvalue weighted by Crippen LogP contribution is -2.30. The molecule has 0 fully saturated rings. The maximum absolute atomic E-state index is 13.2.